The van der Waals surface area contributed by atoms with E-state index in [-0.39, 0.29) is 11.6 Å². The Morgan fingerprint density at radius 3 is 2.66 bits per heavy atom. The molecule has 0 unspecified atom stereocenters. The zero-order valence-electron chi connectivity index (χ0n) is 19.2. The summed E-state index contributed by atoms with van der Waals surface area (Å²) in [6.07, 6.45) is 2.35. The van der Waals surface area contributed by atoms with Crippen molar-refractivity contribution in [3.05, 3.63) is 81.4 Å². The number of thioether (sulfide) groups is 1. The Labute approximate surface area is 206 Å². The molecule has 0 aliphatic carbocycles. The fourth-order valence-corrected chi connectivity index (χ4v) is 4.47. The molecule has 0 saturated carbocycles. The van der Waals surface area contributed by atoms with Gasteiger partial charge < -0.3 is 13.9 Å². The van der Waals surface area contributed by atoms with Gasteiger partial charge in [-0.3, -0.25) is 19.8 Å². The molecule has 9 nitrogen and oxygen atoms in total. The van der Waals surface area contributed by atoms with E-state index in [4.69, 9.17) is 13.9 Å². The van der Waals surface area contributed by atoms with E-state index in [1.807, 2.05) is 30.3 Å². The van der Waals surface area contributed by atoms with Crippen LogP contribution in [0.2, 0.25) is 0 Å². The Bertz CT molecular complexity index is 1290. The van der Waals surface area contributed by atoms with Gasteiger partial charge in [0.2, 0.25) is 0 Å². The average Bonchev–Trinajstić information content (AvgIpc) is 3.44. The van der Waals surface area contributed by atoms with Crippen LogP contribution in [0.3, 0.4) is 0 Å². The number of hydrogen-bond acceptors (Lipinski definition) is 8. The lowest BCUT2D eigenvalue weighted by Crippen LogP contribution is -2.30. The second-order valence-corrected chi connectivity index (χ2v) is 8.50. The number of para-hydroxylation sites is 1. The summed E-state index contributed by atoms with van der Waals surface area (Å²) in [7, 11) is 3.06. The number of amides is 1. The highest BCUT2D eigenvalue weighted by molar-refractivity contribution is 8.18. The van der Waals surface area contributed by atoms with E-state index in [2.05, 4.69) is 4.99 Å². The zero-order chi connectivity index (χ0) is 24.8. The molecular weight excluding hydrogens is 470 g/mol. The maximum Gasteiger partial charge on any atom is 0.273 e. The first kappa shape index (κ1) is 24.2. The number of nitro groups is 1. The Morgan fingerprint density at radius 2 is 1.94 bits per heavy atom. The number of hydrogen-bond donors (Lipinski definition) is 0. The van der Waals surface area contributed by atoms with Crippen molar-refractivity contribution in [3.63, 3.8) is 0 Å². The highest BCUT2D eigenvalue weighted by Gasteiger charge is 2.33. The van der Waals surface area contributed by atoms with Crippen LogP contribution in [0.5, 0.6) is 5.75 Å². The van der Waals surface area contributed by atoms with Crippen LogP contribution < -0.4 is 4.74 Å². The van der Waals surface area contributed by atoms with Gasteiger partial charge in [-0.1, -0.05) is 18.2 Å². The van der Waals surface area contributed by atoms with Gasteiger partial charge in [-0.2, -0.15) is 0 Å². The van der Waals surface area contributed by atoms with Crippen molar-refractivity contribution in [1.82, 2.24) is 4.90 Å². The smallest absolute Gasteiger partial charge is 0.273 e. The van der Waals surface area contributed by atoms with E-state index in [0.717, 1.165) is 5.69 Å². The SMILES string of the molecule is COCCCN1C(=O)/C(=C/c2ccc(-c3ccc([N+](=O)[O-])cc3OC)o2)SC1=Nc1ccccc1. The molecule has 35 heavy (non-hydrogen) atoms. The maximum absolute atomic E-state index is 13.2. The van der Waals surface area contributed by atoms with Crippen LogP contribution in [0, 0.1) is 10.1 Å². The van der Waals surface area contributed by atoms with Gasteiger partial charge in [0, 0.05) is 32.4 Å². The van der Waals surface area contributed by atoms with Gasteiger partial charge in [0.1, 0.15) is 17.3 Å². The summed E-state index contributed by atoms with van der Waals surface area (Å²) in [6.45, 7) is 1.01. The molecule has 10 heteroatoms. The topological polar surface area (TPSA) is 107 Å². The fourth-order valence-electron chi connectivity index (χ4n) is 3.47. The van der Waals surface area contributed by atoms with Gasteiger partial charge in [-0.25, -0.2) is 4.99 Å². The van der Waals surface area contributed by atoms with Gasteiger partial charge in [0.25, 0.3) is 11.6 Å². The van der Waals surface area contributed by atoms with E-state index in [9.17, 15) is 14.9 Å². The Kier molecular flexibility index (Phi) is 7.64. The third-order valence-corrected chi connectivity index (χ3v) is 6.17. The van der Waals surface area contributed by atoms with Gasteiger partial charge in [0.05, 0.1) is 34.3 Å². The van der Waals surface area contributed by atoms with Gasteiger partial charge >= 0.3 is 0 Å². The second-order valence-electron chi connectivity index (χ2n) is 7.49. The van der Waals surface area contributed by atoms with E-state index in [1.165, 1.54) is 31.0 Å². The number of carbonyl (C=O) groups excluding carboxylic acids is 1. The molecular formula is C25H23N3O6S. The highest BCUT2D eigenvalue weighted by atomic mass is 32.2. The van der Waals surface area contributed by atoms with Crippen LogP contribution >= 0.6 is 11.8 Å². The number of nitrogens with zero attached hydrogens (tertiary/aromatic N) is 3. The van der Waals surface area contributed by atoms with Crippen molar-refractivity contribution in [2.45, 2.75) is 6.42 Å². The molecule has 0 radical (unpaired) electrons. The van der Waals surface area contributed by atoms with Crippen molar-refractivity contribution in [3.8, 4) is 17.1 Å². The van der Waals surface area contributed by atoms with Crippen molar-refractivity contribution in [1.29, 1.82) is 0 Å². The summed E-state index contributed by atoms with van der Waals surface area (Å²) >= 11 is 1.28. The number of furan rings is 1. The molecule has 0 spiro atoms. The number of benzene rings is 2. The maximum atomic E-state index is 13.2. The van der Waals surface area contributed by atoms with E-state index < -0.39 is 4.92 Å². The average molecular weight is 494 g/mol. The predicted molar refractivity (Wildman–Crippen MR) is 135 cm³/mol. The predicted octanol–water partition coefficient (Wildman–Crippen LogP) is 5.50. The number of methoxy groups -OCH3 is 2. The highest BCUT2D eigenvalue weighted by Crippen LogP contribution is 2.37. The summed E-state index contributed by atoms with van der Waals surface area (Å²) < 4.78 is 16.4. The van der Waals surface area contributed by atoms with Crippen molar-refractivity contribution in [2.75, 3.05) is 27.4 Å². The molecule has 180 valence electrons. The van der Waals surface area contributed by atoms with E-state index in [1.54, 1.807) is 36.3 Å². The molecule has 0 N–H and O–H groups in total. The molecule has 1 aromatic heterocycles. The van der Waals surface area contributed by atoms with Crippen LogP contribution in [0.4, 0.5) is 11.4 Å². The number of ether oxygens (including phenoxy) is 2. The van der Waals surface area contributed by atoms with Crippen LogP contribution in [0.25, 0.3) is 17.4 Å². The molecule has 1 aliphatic rings. The Hall–Kier alpha value is -3.89. The number of aliphatic imine (C=N–C) groups is 1. The lowest BCUT2D eigenvalue weighted by Gasteiger charge is -2.15. The number of rotatable bonds is 9. The molecule has 0 bridgehead atoms. The van der Waals surface area contributed by atoms with Crippen LogP contribution in [-0.4, -0.2) is 48.3 Å². The molecule has 1 aliphatic heterocycles. The molecule has 3 aromatic rings. The van der Waals surface area contributed by atoms with Crippen molar-refractivity contribution < 1.29 is 23.6 Å². The van der Waals surface area contributed by atoms with Crippen LogP contribution in [0.1, 0.15) is 12.2 Å². The van der Waals surface area contributed by atoms with Crippen molar-refractivity contribution in [2.24, 2.45) is 4.99 Å². The van der Waals surface area contributed by atoms with Crippen molar-refractivity contribution >= 4 is 40.3 Å². The van der Waals surface area contributed by atoms with Gasteiger partial charge in [0.15, 0.2) is 5.17 Å². The number of non-ortho nitro benzene ring substituents is 1. The normalized spacial score (nSPS) is 15.8. The third-order valence-electron chi connectivity index (χ3n) is 5.16. The van der Waals surface area contributed by atoms with Crippen LogP contribution in [0.15, 0.2) is 75.0 Å². The first-order valence-corrected chi connectivity index (χ1v) is 11.6. The molecule has 4 rings (SSSR count). The molecule has 0 atom stereocenters. The number of carbonyl (C=O) groups is 1. The molecule has 1 amide bonds. The minimum Gasteiger partial charge on any atom is -0.496 e. The molecule has 2 heterocycles. The largest absolute Gasteiger partial charge is 0.496 e. The number of nitro benzene ring substituents is 1. The van der Waals surface area contributed by atoms with E-state index in [0.29, 0.717) is 52.5 Å². The fraction of sp³-hybridized carbons (Fsp3) is 0.200. The minimum atomic E-state index is -0.486. The first-order chi connectivity index (χ1) is 17.0. The first-order valence-electron chi connectivity index (χ1n) is 10.8. The Morgan fingerprint density at radius 1 is 1.14 bits per heavy atom. The van der Waals surface area contributed by atoms with Gasteiger partial charge in [-0.15, -0.1) is 0 Å². The lowest BCUT2D eigenvalue weighted by atomic mass is 10.1. The van der Waals surface area contributed by atoms with Gasteiger partial charge in [-0.05, 0) is 48.5 Å². The number of amidine groups is 1. The quantitative estimate of drug-likeness (QED) is 0.168. The summed E-state index contributed by atoms with van der Waals surface area (Å²) in [5.74, 6) is 1.09. The zero-order valence-corrected chi connectivity index (χ0v) is 20.0. The summed E-state index contributed by atoms with van der Waals surface area (Å²) in [6, 6.07) is 17.2. The summed E-state index contributed by atoms with van der Waals surface area (Å²) in [4.78, 5) is 30.5. The molecule has 2 aromatic carbocycles. The van der Waals surface area contributed by atoms with E-state index >= 15 is 0 Å². The monoisotopic (exact) mass is 493 g/mol. The summed E-state index contributed by atoms with van der Waals surface area (Å²) in [5.41, 5.74) is 1.25. The Balaban J connectivity index is 1.62. The van der Waals surface area contributed by atoms with Crippen LogP contribution in [-0.2, 0) is 9.53 Å². The third kappa shape index (κ3) is 5.61. The standard InChI is InChI=1S/C25H23N3O6S/c1-32-14-6-13-27-24(29)23(35-25(27)26-17-7-4-3-5-8-17)16-19-10-12-21(34-19)20-11-9-18(28(30)31)15-22(20)33-2/h3-5,7-12,15-16H,6,13-14H2,1-2H3/b23-16-,26-25?. The molecule has 1 saturated heterocycles. The molecule has 1 fully saturated rings. The second kappa shape index (κ2) is 11.0. The summed E-state index contributed by atoms with van der Waals surface area (Å²) in [5, 5.41) is 11.7. The lowest BCUT2D eigenvalue weighted by molar-refractivity contribution is -0.384. The minimum absolute atomic E-state index is 0.0775.